The minimum Gasteiger partial charge on any atom is -0.396 e. The number of aliphatic hydroxyl groups excluding tert-OH is 1. The lowest BCUT2D eigenvalue weighted by Gasteiger charge is -2.29. The quantitative estimate of drug-likeness (QED) is 0.594. The maximum absolute atomic E-state index is 9.02. The van der Waals surface area contributed by atoms with Gasteiger partial charge in [0.2, 0.25) is 0 Å². The Kier molecular flexibility index (Phi) is 2.04. The fourth-order valence-corrected chi connectivity index (χ4v) is 1.92. The van der Waals surface area contributed by atoms with E-state index in [0.717, 1.165) is 5.92 Å². The first-order valence-electron chi connectivity index (χ1n) is 4.20. The Balaban J connectivity index is 2.64. The molecular weight excluding hydrogens is 124 g/mol. The van der Waals surface area contributed by atoms with E-state index >= 15 is 0 Å². The summed E-state index contributed by atoms with van der Waals surface area (Å²) >= 11 is 0. The average molecular weight is 142 g/mol. The van der Waals surface area contributed by atoms with Gasteiger partial charge in [-0.2, -0.15) is 0 Å². The Hall–Kier alpha value is -0.0400. The molecule has 60 valence electrons. The zero-order valence-electron chi connectivity index (χ0n) is 7.22. The lowest BCUT2D eigenvalue weighted by molar-refractivity contribution is 0.120. The molecule has 0 aromatic heterocycles. The van der Waals surface area contributed by atoms with E-state index in [-0.39, 0.29) is 0 Å². The van der Waals surface area contributed by atoms with Crippen LogP contribution in [0.5, 0.6) is 0 Å². The van der Waals surface area contributed by atoms with Crippen LogP contribution in [0.2, 0.25) is 0 Å². The van der Waals surface area contributed by atoms with E-state index in [2.05, 4.69) is 20.8 Å². The summed E-state index contributed by atoms with van der Waals surface area (Å²) in [7, 11) is 0. The summed E-state index contributed by atoms with van der Waals surface area (Å²) in [5.74, 6) is 1.33. The third kappa shape index (κ3) is 1.07. The summed E-state index contributed by atoms with van der Waals surface area (Å²) in [6, 6.07) is 0. The standard InChI is InChI=1S/C9H18O/c1-7-4-5-8(6-10)9(7,2)3/h7-8,10H,4-6H2,1-3H3/t7?,8-/m1/s1. The molecule has 0 spiro atoms. The molecule has 0 radical (unpaired) electrons. The van der Waals surface area contributed by atoms with Gasteiger partial charge < -0.3 is 5.11 Å². The molecule has 1 heteroatoms. The van der Waals surface area contributed by atoms with Crippen molar-refractivity contribution in [2.24, 2.45) is 17.3 Å². The molecule has 10 heavy (non-hydrogen) atoms. The van der Waals surface area contributed by atoms with E-state index in [1.165, 1.54) is 12.8 Å². The molecule has 1 N–H and O–H groups in total. The Bertz CT molecular complexity index is 118. The van der Waals surface area contributed by atoms with Crippen molar-refractivity contribution >= 4 is 0 Å². The number of hydrogen-bond acceptors (Lipinski definition) is 1. The van der Waals surface area contributed by atoms with Gasteiger partial charge in [0.1, 0.15) is 0 Å². The maximum Gasteiger partial charge on any atom is 0.0464 e. The Morgan fingerprint density at radius 2 is 2.00 bits per heavy atom. The zero-order chi connectivity index (χ0) is 7.78. The third-order valence-corrected chi connectivity index (χ3v) is 3.49. The molecule has 1 rings (SSSR count). The predicted molar refractivity (Wildman–Crippen MR) is 42.8 cm³/mol. The van der Waals surface area contributed by atoms with Gasteiger partial charge in [0.15, 0.2) is 0 Å². The molecule has 0 amide bonds. The minimum absolute atomic E-state index is 0.370. The molecule has 1 saturated carbocycles. The minimum atomic E-state index is 0.370. The summed E-state index contributed by atoms with van der Waals surface area (Å²) in [5.41, 5.74) is 0.370. The van der Waals surface area contributed by atoms with Gasteiger partial charge in [-0.1, -0.05) is 20.8 Å². The normalized spacial score (nSPS) is 38.4. The second-order valence-electron chi connectivity index (χ2n) is 4.18. The van der Waals surface area contributed by atoms with Gasteiger partial charge in [0, 0.05) is 6.61 Å². The van der Waals surface area contributed by atoms with Crippen LogP contribution in [0.25, 0.3) is 0 Å². The van der Waals surface area contributed by atoms with Gasteiger partial charge in [-0.05, 0) is 30.1 Å². The summed E-state index contributed by atoms with van der Waals surface area (Å²) in [5, 5.41) is 9.02. The van der Waals surface area contributed by atoms with Crippen molar-refractivity contribution in [1.29, 1.82) is 0 Å². The molecule has 0 heterocycles. The molecule has 0 aliphatic heterocycles. The van der Waals surface area contributed by atoms with Gasteiger partial charge in [0.05, 0.1) is 0 Å². The van der Waals surface area contributed by atoms with E-state index in [1.807, 2.05) is 0 Å². The Morgan fingerprint density at radius 1 is 1.40 bits per heavy atom. The fraction of sp³-hybridized carbons (Fsp3) is 1.00. The van der Waals surface area contributed by atoms with E-state index in [0.29, 0.717) is 17.9 Å². The molecule has 1 fully saturated rings. The third-order valence-electron chi connectivity index (χ3n) is 3.49. The molecule has 0 bridgehead atoms. The summed E-state index contributed by atoms with van der Waals surface area (Å²) in [6.07, 6.45) is 2.50. The van der Waals surface area contributed by atoms with Crippen LogP contribution < -0.4 is 0 Å². The second-order valence-corrected chi connectivity index (χ2v) is 4.18. The van der Waals surface area contributed by atoms with Crippen LogP contribution in [0, 0.1) is 17.3 Å². The molecule has 0 aromatic rings. The van der Waals surface area contributed by atoms with Crippen LogP contribution in [0.1, 0.15) is 33.6 Å². The highest BCUT2D eigenvalue weighted by molar-refractivity contribution is 4.89. The largest absolute Gasteiger partial charge is 0.396 e. The molecule has 1 aliphatic carbocycles. The first-order valence-corrected chi connectivity index (χ1v) is 4.20. The highest BCUT2D eigenvalue weighted by Crippen LogP contribution is 2.46. The highest BCUT2D eigenvalue weighted by atomic mass is 16.3. The van der Waals surface area contributed by atoms with Crippen molar-refractivity contribution in [2.75, 3.05) is 6.61 Å². The summed E-state index contributed by atoms with van der Waals surface area (Å²) in [6.45, 7) is 7.20. The molecule has 0 saturated heterocycles. The van der Waals surface area contributed by atoms with Gasteiger partial charge in [0.25, 0.3) is 0 Å². The fourth-order valence-electron chi connectivity index (χ4n) is 1.92. The van der Waals surface area contributed by atoms with Gasteiger partial charge >= 0.3 is 0 Å². The van der Waals surface area contributed by atoms with Crippen LogP contribution in [0.4, 0.5) is 0 Å². The molecular formula is C9H18O. The van der Waals surface area contributed by atoms with Crippen molar-refractivity contribution in [3.05, 3.63) is 0 Å². The highest BCUT2D eigenvalue weighted by Gasteiger charge is 2.39. The molecule has 1 nitrogen and oxygen atoms in total. The van der Waals surface area contributed by atoms with Crippen LogP contribution in [0.15, 0.2) is 0 Å². The monoisotopic (exact) mass is 142 g/mol. The van der Waals surface area contributed by atoms with Gasteiger partial charge in [-0.25, -0.2) is 0 Å². The zero-order valence-corrected chi connectivity index (χ0v) is 7.22. The Morgan fingerprint density at radius 3 is 2.20 bits per heavy atom. The summed E-state index contributed by atoms with van der Waals surface area (Å²) in [4.78, 5) is 0. The summed E-state index contributed by atoms with van der Waals surface area (Å²) < 4.78 is 0. The van der Waals surface area contributed by atoms with Gasteiger partial charge in [-0.15, -0.1) is 0 Å². The number of rotatable bonds is 1. The first kappa shape index (κ1) is 8.06. The molecule has 1 aliphatic rings. The van der Waals surface area contributed by atoms with Crippen LogP contribution >= 0.6 is 0 Å². The lowest BCUT2D eigenvalue weighted by Crippen LogP contribution is -2.25. The lowest BCUT2D eigenvalue weighted by atomic mass is 9.77. The van der Waals surface area contributed by atoms with E-state index < -0.39 is 0 Å². The van der Waals surface area contributed by atoms with Crippen molar-refractivity contribution in [2.45, 2.75) is 33.6 Å². The molecule has 0 aromatic carbocycles. The van der Waals surface area contributed by atoms with Gasteiger partial charge in [-0.3, -0.25) is 0 Å². The van der Waals surface area contributed by atoms with E-state index in [9.17, 15) is 0 Å². The smallest absolute Gasteiger partial charge is 0.0464 e. The maximum atomic E-state index is 9.02. The van der Waals surface area contributed by atoms with Crippen molar-refractivity contribution in [3.8, 4) is 0 Å². The van der Waals surface area contributed by atoms with Crippen molar-refractivity contribution in [1.82, 2.24) is 0 Å². The van der Waals surface area contributed by atoms with Crippen LogP contribution in [-0.4, -0.2) is 11.7 Å². The predicted octanol–water partition coefficient (Wildman–Crippen LogP) is 2.05. The SMILES string of the molecule is CC1CC[C@H](CO)C1(C)C. The van der Waals surface area contributed by atoms with Crippen molar-refractivity contribution in [3.63, 3.8) is 0 Å². The molecule has 1 unspecified atom stereocenters. The molecule has 2 atom stereocenters. The Labute approximate surface area is 63.4 Å². The van der Waals surface area contributed by atoms with E-state index in [4.69, 9.17) is 5.11 Å². The average Bonchev–Trinajstić information content (AvgIpc) is 2.10. The van der Waals surface area contributed by atoms with Crippen molar-refractivity contribution < 1.29 is 5.11 Å². The first-order chi connectivity index (χ1) is 4.59. The topological polar surface area (TPSA) is 20.2 Å². The van der Waals surface area contributed by atoms with E-state index in [1.54, 1.807) is 0 Å². The number of aliphatic hydroxyl groups is 1. The van der Waals surface area contributed by atoms with Crippen LogP contribution in [0.3, 0.4) is 0 Å². The van der Waals surface area contributed by atoms with Crippen LogP contribution in [-0.2, 0) is 0 Å². The number of hydrogen-bond donors (Lipinski definition) is 1. The second kappa shape index (κ2) is 2.54.